The molecule has 1 N–H and O–H groups in total. The minimum atomic E-state index is -2.94. The maximum Gasteiger partial charge on any atom is 0.150 e. The van der Waals surface area contributed by atoms with Crippen LogP contribution in [0.15, 0.2) is 0 Å². The van der Waals surface area contributed by atoms with Gasteiger partial charge in [0.2, 0.25) is 0 Å². The highest BCUT2D eigenvalue weighted by molar-refractivity contribution is 7.91. The zero-order valence-corrected chi connectivity index (χ0v) is 12.9. The average Bonchev–Trinajstić information content (AvgIpc) is 2.35. The van der Waals surface area contributed by atoms with Crippen LogP contribution in [-0.2, 0) is 14.6 Å². The highest BCUT2D eigenvalue weighted by Gasteiger charge is 2.34. The fraction of sp³-hybridized carbons (Fsp3) is 1.00. The van der Waals surface area contributed by atoms with Crippen molar-refractivity contribution < 1.29 is 18.3 Å². The summed E-state index contributed by atoms with van der Waals surface area (Å²) < 4.78 is 28.5. The first kappa shape index (κ1) is 17.9. The van der Waals surface area contributed by atoms with Crippen LogP contribution in [-0.4, -0.2) is 43.3 Å². The SMILES string of the molecule is CCOC(CC)(CC)C(O)CCCS(=O)(=O)CC. The molecule has 0 aromatic heterocycles. The fourth-order valence-electron chi connectivity index (χ4n) is 2.21. The molecular formula is C13H28O4S. The van der Waals surface area contributed by atoms with Crippen LogP contribution >= 0.6 is 0 Å². The van der Waals surface area contributed by atoms with Crippen LogP contribution in [0, 0.1) is 0 Å². The van der Waals surface area contributed by atoms with Gasteiger partial charge in [0.1, 0.15) is 9.84 Å². The van der Waals surface area contributed by atoms with Crippen molar-refractivity contribution in [3.05, 3.63) is 0 Å². The lowest BCUT2D eigenvalue weighted by Gasteiger charge is -2.36. The Morgan fingerprint density at radius 2 is 1.72 bits per heavy atom. The number of hydrogen-bond acceptors (Lipinski definition) is 4. The fourth-order valence-corrected chi connectivity index (χ4v) is 3.11. The Bertz CT molecular complexity index is 307. The maximum absolute atomic E-state index is 11.4. The normalized spacial score (nSPS) is 14.7. The molecule has 0 heterocycles. The maximum atomic E-state index is 11.4. The molecule has 18 heavy (non-hydrogen) atoms. The minimum Gasteiger partial charge on any atom is -0.390 e. The van der Waals surface area contributed by atoms with E-state index >= 15 is 0 Å². The van der Waals surface area contributed by atoms with E-state index in [1.807, 2.05) is 20.8 Å². The van der Waals surface area contributed by atoms with Gasteiger partial charge < -0.3 is 9.84 Å². The molecule has 110 valence electrons. The van der Waals surface area contributed by atoms with Crippen molar-refractivity contribution in [2.45, 2.75) is 65.1 Å². The van der Waals surface area contributed by atoms with E-state index in [-0.39, 0.29) is 11.5 Å². The third-order valence-electron chi connectivity index (χ3n) is 3.61. The summed E-state index contributed by atoms with van der Waals surface area (Å²) in [4.78, 5) is 0. The quantitative estimate of drug-likeness (QED) is 0.666. The number of aliphatic hydroxyl groups is 1. The van der Waals surface area contributed by atoms with Crippen LogP contribution < -0.4 is 0 Å². The van der Waals surface area contributed by atoms with Gasteiger partial charge in [-0.1, -0.05) is 20.8 Å². The highest BCUT2D eigenvalue weighted by Crippen LogP contribution is 2.27. The minimum absolute atomic E-state index is 0.149. The van der Waals surface area contributed by atoms with Crippen LogP contribution in [0.25, 0.3) is 0 Å². The summed E-state index contributed by atoms with van der Waals surface area (Å²) in [7, 11) is -2.94. The van der Waals surface area contributed by atoms with Crippen LogP contribution in [0.1, 0.15) is 53.4 Å². The summed E-state index contributed by atoms with van der Waals surface area (Å²) >= 11 is 0. The molecule has 0 spiro atoms. The first-order valence-electron chi connectivity index (χ1n) is 6.89. The van der Waals surface area contributed by atoms with E-state index in [9.17, 15) is 13.5 Å². The van der Waals surface area contributed by atoms with Crippen molar-refractivity contribution in [2.24, 2.45) is 0 Å². The van der Waals surface area contributed by atoms with Crippen molar-refractivity contribution in [3.8, 4) is 0 Å². The van der Waals surface area contributed by atoms with Crippen LogP contribution in [0.2, 0.25) is 0 Å². The van der Waals surface area contributed by atoms with Gasteiger partial charge in [0, 0.05) is 12.4 Å². The van der Waals surface area contributed by atoms with Gasteiger partial charge in [-0.05, 0) is 32.6 Å². The second-order valence-electron chi connectivity index (χ2n) is 4.60. The lowest BCUT2D eigenvalue weighted by atomic mass is 9.88. The van der Waals surface area contributed by atoms with Crippen molar-refractivity contribution in [1.82, 2.24) is 0 Å². The Morgan fingerprint density at radius 3 is 2.11 bits per heavy atom. The first-order valence-corrected chi connectivity index (χ1v) is 8.72. The molecule has 1 atom stereocenters. The van der Waals surface area contributed by atoms with E-state index in [0.29, 0.717) is 19.4 Å². The number of sulfone groups is 1. The summed E-state index contributed by atoms with van der Waals surface area (Å²) in [6.07, 6.45) is 1.84. The number of rotatable bonds is 10. The third-order valence-corrected chi connectivity index (χ3v) is 5.40. The predicted molar refractivity (Wildman–Crippen MR) is 74.5 cm³/mol. The first-order chi connectivity index (χ1) is 8.37. The molecule has 0 bridgehead atoms. The van der Waals surface area contributed by atoms with Crippen molar-refractivity contribution in [3.63, 3.8) is 0 Å². The Hall–Kier alpha value is -0.130. The Morgan fingerprint density at radius 1 is 1.17 bits per heavy atom. The van der Waals surface area contributed by atoms with Crippen molar-refractivity contribution in [2.75, 3.05) is 18.1 Å². The Kier molecular flexibility index (Phi) is 8.06. The van der Waals surface area contributed by atoms with Crippen molar-refractivity contribution in [1.29, 1.82) is 0 Å². The summed E-state index contributed by atoms with van der Waals surface area (Å²) in [6.45, 7) is 8.10. The second-order valence-corrected chi connectivity index (χ2v) is 7.07. The topological polar surface area (TPSA) is 63.6 Å². The molecule has 0 saturated carbocycles. The van der Waals surface area contributed by atoms with Crippen LogP contribution in [0.4, 0.5) is 0 Å². The Balaban J connectivity index is 4.40. The van der Waals surface area contributed by atoms with Gasteiger partial charge in [-0.25, -0.2) is 8.42 Å². The predicted octanol–water partition coefficient (Wildman–Crippen LogP) is 2.16. The molecule has 0 rings (SSSR count). The van der Waals surface area contributed by atoms with Gasteiger partial charge in [0.25, 0.3) is 0 Å². The largest absolute Gasteiger partial charge is 0.390 e. The van der Waals surface area contributed by atoms with Gasteiger partial charge in [-0.3, -0.25) is 0 Å². The molecule has 5 heteroatoms. The van der Waals surface area contributed by atoms with E-state index in [1.165, 1.54) is 0 Å². The van der Waals surface area contributed by atoms with E-state index < -0.39 is 21.5 Å². The molecule has 1 unspecified atom stereocenters. The third kappa shape index (κ3) is 5.24. The van der Waals surface area contributed by atoms with Crippen LogP contribution in [0.5, 0.6) is 0 Å². The molecule has 0 aromatic rings. The molecule has 0 saturated heterocycles. The lowest BCUT2D eigenvalue weighted by molar-refractivity contribution is -0.127. The summed E-state index contributed by atoms with van der Waals surface area (Å²) in [5, 5.41) is 10.2. The number of aliphatic hydroxyl groups excluding tert-OH is 1. The smallest absolute Gasteiger partial charge is 0.150 e. The van der Waals surface area contributed by atoms with E-state index in [0.717, 1.165) is 12.8 Å². The number of hydrogen-bond donors (Lipinski definition) is 1. The molecule has 0 aliphatic rings. The lowest BCUT2D eigenvalue weighted by Crippen LogP contribution is -2.44. The molecule has 0 radical (unpaired) electrons. The molecule has 0 fully saturated rings. The Labute approximate surface area is 112 Å². The zero-order valence-electron chi connectivity index (χ0n) is 12.1. The van der Waals surface area contributed by atoms with Gasteiger partial charge in [-0.2, -0.15) is 0 Å². The molecule has 0 amide bonds. The van der Waals surface area contributed by atoms with E-state index in [1.54, 1.807) is 6.92 Å². The molecule has 0 aliphatic heterocycles. The molecular weight excluding hydrogens is 252 g/mol. The standard InChI is InChI=1S/C13H28O4S/c1-5-13(6-2,17-7-3)12(14)10-9-11-18(15,16)8-4/h12,14H,5-11H2,1-4H3. The summed E-state index contributed by atoms with van der Waals surface area (Å²) in [6, 6.07) is 0. The van der Waals surface area contributed by atoms with E-state index in [2.05, 4.69) is 0 Å². The van der Waals surface area contributed by atoms with Crippen molar-refractivity contribution >= 4 is 9.84 Å². The average molecular weight is 280 g/mol. The summed E-state index contributed by atoms with van der Waals surface area (Å²) in [5.74, 6) is 0.317. The molecule has 0 aliphatic carbocycles. The van der Waals surface area contributed by atoms with Gasteiger partial charge in [-0.15, -0.1) is 0 Å². The van der Waals surface area contributed by atoms with Gasteiger partial charge in [0.15, 0.2) is 0 Å². The van der Waals surface area contributed by atoms with E-state index in [4.69, 9.17) is 4.74 Å². The van der Waals surface area contributed by atoms with Gasteiger partial charge in [0.05, 0.1) is 17.5 Å². The molecule has 4 nitrogen and oxygen atoms in total. The summed E-state index contributed by atoms with van der Waals surface area (Å²) in [5.41, 5.74) is -0.523. The van der Waals surface area contributed by atoms with Crippen LogP contribution in [0.3, 0.4) is 0 Å². The zero-order chi connectivity index (χ0) is 14.2. The number of ether oxygens (including phenoxy) is 1. The van der Waals surface area contributed by atoms with Gasteiger partial charge >= 0.3 is 0 Å². The highest BCUT2D eigenvalue weighted by atomic mass is 32.2. The second kappa shape index (κ2) is 8.12. The monoisotopic (exact) mass is 280 g/mol. The molecule has 0 aromatic carbocycles.